The molecule has 10 heteroatoms. The van der Waals surface area contributed by atoms with Crippen LogP contribution in [-0.2, 0) is 16.6 Å². The zero-order valence-electron chi connectivity index (χ0n) is 16.0. The van der Waals surface area contributed by atoms with Crippen LogP contribution in [0.5, 0.6) is 0 Å². The molecule has 0 radical (unpaired) electrons. The molecule has 1 aliphatic rings. The second-order valence-electron chi connectivity index (χ2n) is 6.66. The SMILES string of the molecule is O=C(NNC(=O)c1cccnc1)c1ccc(CN2C(=O)c3ccccc3S2(=O)=O)cc1. The Hall–Kier alpha value is -4.05. The summed E-state index contributed by atoms with van der Waals surface area (Å²) in [6.07, 6.45) is 2.89. The zero-order valence-corrected chi connectivity index (χ0v) is 16.8. The predicted octanol–water partition coefficient (Wildman–Crippen LogP) is 1.50. The molecule has 0 saturated carbocycles. The molecule has 0 fully saturated rings. The summed E-state index contributed by atoms with van der Waals surface area (Å²) in [5.74, 6) is -1.66. The number of sulfonamides is 1. The highest BCUT2D eigenvalue weighted by Crippen LogP contribution is 2.31. The number of rotatable bonds is 4. The fraction of sp³-hybridized carbons (Fsp3) is 0.0476. The van der Waals surface area contributed by atoms with Gasteiger partial charge in [0.15, 0.2) is 0 Å². The number of hydrazine groups is 1. The van der Waals surface area contributed by atoms with Gasteiger partial charge in [-0.15, -0.1) is 0 Å². The van der Waals surface area contributed by atoms with Crippen LogP contribution in [-0.4, -0.2) is 35.4 Å². The van der Waals surface area contributed by atoms with E-state index in [1.807, 2.05) is 0 Å². The monoisotopic (exact) mass is 436 g/mol. The lowest BCUT2D eigenvalue weighted by molar-refractivity contribution is 0.0846. The van der Waals surface area contributed by atoms with Gasteiger partial charge in [0.1, 0.15) is 4.90 Å². The summed E-state index contributed by atoms with van der Waals surface area (Å²) in [7, 11) is -3.91. The standard InChI is InChI=1S/C21H16N4O5S/c26-19(23-24-20(27)16-4-3-11-22-12-16)15-9-7-14(8-10-15)13-25-21(28)17-5-1-2-6-18(17)31(25,29)30/h1-12H,13H2,(H,23,26)(H,24,27). The third kappa shape index (κ3) is 3.88. The molecule has 2 heterocycles. The molecule has 0 unspecified atom stereocenters. The van der Waals surface area contributed by atoms with Crippen LogP contribution in [0.25, 0.3) is 0 Å². The maximum atomic E-state index is 12.6. The number of hydrogen-bond donors (Lipinski definition) is 2. The van der Waals surface area contributed by atoms with E-state index in [1.54, 1.807) is 36.4 Å². The van der Waals surface area contributed by atoms with Gasteiger partial charge < -0.3 is 0 Å². The summed E-state index contributed by atoms with van der Waals surface area (Å²) in [5.41, 5.74) is 5.78. The summed E-state index contributed by atoms with van der Waals surface area (Å²) in [6, 6.07) is 15.2. The fourth-order valence-electron chi connectivity index (χ4n) is 3.07. The second kappa shape index (κ2) is 8.00. The Kier molecular flexibility index (Phi) is 5.22. The number of carbonyl (C=O) groups is 3. The van der Waals surface area contributed by atoms with Crippen molar-refractivity contribution >= 4 is 27.7 Å². The van der Waals surface area contributed by atoms with Gasteiger partial charge in [-0.3, -0.25) is 30.2 Å². The van der Waals surface area contributed by atoms with Crippen LogP contribution in [0.2, 0.25) is 0 Å². The molecule has 3 amide bonds. The molecule has 156 valence electrons. The van der Waals surface area contributed by atoms with Gasteiger partial charge in [-0.25, -0.2) is 12.7 Å². The summed E-state index contributed by atoms with van der Waals surface area (Å²) in [6.45, 7) is -0.157. The van der Waals surface area contributed by atoms with Crippen LogP contribution < -0.4 is 10.9 Å². The zero-order chi connectivity index (χ0) is 22.0. The lowest BCUT2D eigenvalue weighted by Gasteiger charge is -2.15. The summed E-state index contributed by atoms with van der Waals surface area (Å²) >= 11 is 0. The van der Waals surface area contributed by atoms with E-state index in [4.69, 9.17) is 0 Å². The van der Waals surface area contributed by atoms with E-state index in [2.05, 4.69) is 15.8 Å². The summed E-state index contributed by atoms with van der Waals surface area (Å²) in [5, 5.41) is 0. The van der Waals surface area contributed by atoms with E-state index in [1.165, 1.54) is 36.7 Å². The normalized spacial score (nSPS) is 14.1. The third-order valence-electron chi connectivity index (χ3n) is 4.67. The van der Waals surface area contributed by atoms with Crippen LogP contribution in [0, 0.1) is 0 Å². The maximum Gasteiger partial charge on any atom is 0.271 e. The smallest absolute Gasteiger partial charge is 0.268 e. The molecule has 4 rings (SSSR count). The van der Waals surface area contributed by atoms with Crippen molar-refractivity contribution in [1.82, 2.24) is 20.1 Å². The van der Waals surface area contributed by atoms with Crippen molar-refractivity contribution < 1.29 is 22.8 Å². The highest BCUT2D eigenvalue weighted by Gasteiger charge is 2.40. The molecule has 0 atom stereocenters. The number of carbonyl (C=O) groups excluding carboxylic acids is 3. The van der Waals surface area contributed by atoms with Gasteiger partial charge in [0.05, 0.1) is 17.7 Å². The van der Waals surface area contributed by atoms with Gasteiger partial charge >= 0.3 is 0 Å². The van der Waals surface area contributed by atoms with Gasteiger partial charge in [-0.2, -0.15) is 0 Å². The van der Waals surface area contributed by atoms with Crippen molar-refractivity contribution in [2.45, 2.75) is 11.4 Å². The Balaban J connectivity index is 1.41. The lowest BCUT2D eigenvalue weighted by atomic mass is 10.1. The first kappa shape index (κ1) is 20.2. The maximum absolute atomic E-state index is 12.6. The van der Waals surface area contributed by atoms with Crippen LogP contribution in [0.3, 0.4) is 0 Å². The number of nitrogens with zero attached hydrogens (tertiary/aromatic N) is 2. The molecule has 1 aromatic heterocycles. The lowest BCUT2D eigenvalue weighted by Crippen LogP contribution is -2.41. The quantitative estimate of drug-likeness (QED) is 0.597. The minimum Gasteiger partial charge on any atom is -0.268 e. The minimum atomic E-state index is -3.91. The van der Waals surface area contributed by atoms with Crippen LogP contribution >= 0.6 is 0 Å². The number of fused-ring (bicyclic) bond motifs is 1. The summed E-state index contributed by atoms with van der Waals surface area (Å²) < 4.78 is 26.1. The summed E-state index contributed by atoms with van der Waals surface area (Å²) in [4.78, 5) is 40.5. The first-order valence-corrected chi connectivity index (χ1v) is 10.6. The fourth-order valence-corrected chi connectivity index (χ4v) is 4.63. The number of pyridine rings is 1. The van der Waals surface area contributed by atoms with Gasteiger partial charge in [-0.05, 0) is 42.0 Å². The molecule has 2 aromatic carbocycles. The van der Waals surface area contributed by atoms with Gasteiger partial charge in [0.25, 0.3) is 27.7 Å². The minimum absolute atomic E-state index is 0.0136. The number of amides is 3. The van der Waals surface area contributed by atoms with Gasteiger partial charge in [0.2, 0.25) is 0 Å². The average molecular weight is 436 g/mol. The van der Waals surface area contributed by atoms with Gasteiger partial charge in [0, 0.05) is 18.0 Å². The highest BCUT2D eigenvalue weighted by molar-refractivity contribution is 7.90. The van der Waals surface area contributed by atoms with Crippen molar-refractivity contribution in [3.63, 3.8) is 0 Å². The van der Waals surface area contributed by atoms with Crippen molar-refractivity contribution in [1.29, 1.82) is 0 Å². The van der Waals surface area contributed by atoms with Gasteiger partial charge in [-0.1, -0.05) is 24.3 Å². The number of aromatic nitrogens is 1. The molecule has 0 saturated heterocycles. The molecular weight excluding hydrogens is 420 g/mol. The topological polar surface area (TPSA) is 126 Å². The van der Waals surface area contributed by atoms with Crippen LogP contribution in [0.4, 0.5) is 0 Å². The van der Waals surface area contributed by atoms with Crippen LogP contribution in [0.1, 0.15) is 36.6 Å². The Labute approximate surface area is 177 Å². The molecule has 3 aromatic rings. The van der Waals surface area contributed by atoms with E-state index < -0.39 is 27.7 Å². The van der Waals surface area contributed by atoms with E-state index in [-0.39, 0.29) is 28.1 Å². The Morgan fingerprint density at radius 2 is 1.55 bits per heavy atom. The number of hydrogen-bond acceptors (Lipinski definition) is 6. The first-order valence-electron chi connectivity index (χ1n) is 9.13. The van der Waals surface area contributed by atoms with E-state index >= 15 is 0 Å². The van der Waals surface area contributed by atoms with E-state index in [0.717, 1.165) is 4.31 Å². The Morgan fingerprint density at radius 1 is 0.871 bits per heavy atom. The van der Waals surface area contributed by atoms with Crippen LogP contribution in [0.15, 0.2) is 78.0 Å². The Bertz CT molecular complexity index is 1270. The highest BCUT2D eigenvalue weighted by atomic mass is 32.2. The second-order valence-corrected chi connectivity index (χ2v) is 8.49. The third-order valence-corrected chi connectivity index (χ3v) is 6.45. The van der Waals surface area contributed by atoms with Crippen molar-refractivity contribution in [2.24, 2.45) is 0 Å². The Morgan fingerprint density at radius 3 is 2.19 bits per heavy atom. The van der Waals surface area contributed by atoms with Crippen molar-refractivity contribution in [2.75, 3.05) is 0 Å². The largest absolute Gasteiger partial charge is 0.271 e. The molecule has 0 bridgehead atoms. The molecule has 2 N–H and O–H groups in total. The molecule has 31 heavy (non-hydrogen) atoms. The van der Waals surface area contributed by atoms with Crippen molar-refractivity contribution in [3.05, 3.63) is 95.3 Å². The molecule has 1 aliphatic heterocycles. The van der Waals surface area contributed by atoms with Crippen molar-refractivity contribution in [3.8, 4) is 0 Å². The average Bonchev–Trinajstić information content (AvgIpc) is 2.99. The molecular formula is C21H16N4O5S. The molecule has 0 spiro atoms. The first-order chi connectivity index (χ1) is 14.9. The van der Waals surface area contributed by atoms with E-state index in [9.17, 15) is 22.8 Å². The molecule has 0 aliphatic carbocycles. The number of nitrogens with one attached hydrogen (secondary N) is 2. The van der Waals surface area contributed by atoms with E-state index in [0.29, 0.717) is 5.56 Å². The predicted molar refractivity (Wildman–Crippen MR) is 109 cm³/mol. The molecule has 9 nitrogen and oxygen atoms in total. The number of benzene rings is 2.